The van der Waals surface area contributed by atoms with Crippen molar-refractivity contribution in [2.45, 2.75) is 20.3 Å². The van der Waals surface area contributed by atoms with Crippen molar-refractivity contribution >= 4 is 61.5 Å². The molecule has 2 rings (SSSR count). The average Bonchev–Trinajstić information content (AvgIpc) is 2.78. The molecule has 1 heterocycles. The van der Waals surface area contributed by atoms with E-state index >= 15 is 0 Å². The van der Waals surface area contributed by atoms with E-state index in [1.165, 1.54) is 18.3 Å². The van der Waals surface area contributed by atoms with E-state index in [0.29, 0.717) is 17.2 Å². The van der Waals surface area contributed by atoms with Crippen molar-refractivity contribution in [3.8, 4) is 0 Å². The third-order valence-corrected chi connectivity index (χ3v) is 3.64. The maximum Gasteiger partial charge on any atom is 0.225 e. The van der Waals surface area contributed by atoms with Crippen LogP contribution in [-0.2, 0) is 9.59 Å². The second kappa shape index (κ2) is 6.59. The van der Waals surface area contributed by atoms with Crippen LogP contribution in [0.3, 0.4) is 0 Å². The zero-order chi connectivity index (χ0) is 15.4. The van der Waals surface area contributed by atoms with Crippen molar-refractivity contribution in [3.05, 3.63) is 18.2 Å². The minimum absolute atomic E-state index is 0.124. The van der Waals surface area contributed by atoms with Gasteiger partial charge in [-0.2, -0.15) is 0 Å². The third kappa shape index (κ3) is 4.20. The minimum atomic E-state index is -0.151. The minimum Gasteiger partial charge on any atom is -0.326 e. The highest BCUT2D eigenvalue weighted by atomic mass is 32.1. The van der Waals surface area contributed by atoms with Gasteiger partial charge in [-0.05, 0) is 30.4 Å². The Morgan fingerprint density at radius 1 is 1.33 bits per heavy atom. The predicted molar refractivity (Wildman–Crippen MR) is 88.6 cm³/mol. The van der Waals surface area contributed by atoms with Crippen LogP contribution in [0.1, 0.15) is 20.3 Å². The Kier molecular flexibility index (Phi) is 4.81. The molecule has 1 aromatic heterocycles. The molecule has 21 heavy (non-hydrogen) atoms. The summed E-state index contributed by atoms with van der Waals surface area (Å²) in [6.45, 7) is 3.21. The fourth-order valence-electron chi connectivity index (χ4n) is 1.60. The second-order valence-electron chi connectivity index (χ2n) is 4.24. The molecular formula is C13H14N4O2S2. The molecular weight excluding hydrogens is 308 g/mol. The molecule has 2 aromatic rings. The first kappa shape index (κ1) is 15.3. The molecule has 0 aliphatic rings. The number of carbonyl (C=O) groups excluding carboxylic acids is 2. The lowest BCUT2D eigenvalue weighted by atomic mass is 10.3. The molecule has 0 aliphatic heterocycles. The van der Waals surface area contributed by atoms with Gasteiger partial charge in [0.25, 0.3) is 0 Å². The Morgan fingerprint density at radius 2 is 2.10 bits per heavy atom. The highest BCUT2D eigenvalue weighted by molar-refractivity contribution is 7.80. The summed E-state index contributed by atoms with van der Waals surface area (Å²) in [7, 11) is 0. The van der Waals surface area contributed by atoms with Gasteiger partial charge in [0, 0.05) is 19.0 Å². The summed E-state index contributed by atoms with van der Waals surface area (Å²) in [5.41, 5.74) is 1.51. The van der Waals surface area contributed by atoms with Crippen LogP contribution in [0.2, 0.25) is 0 Å². The quantitative estimate of drug-likeness (QED) is 0.756. The Bertz CT molecular complexity index is 711. The SMILES string of the molecule is CCC(=O)NC(=S)Nc1nc2ccc(NC(C)=O)cc2s1. The van der Waals surface area contributed by atoms with E-state index in [1.54, 1.807) is 13.0 Å². The zero-order valence-electron chi connectivity index (χ0n) is 11.5. The van der Waals surface area contributed by atoms with Gasteiger partial charge < -0.3 is 16.0 Å². The lowest BCUT2D eigenvalue weighted by Gasteiger charge is -2.04. The number of thiocarbonyl (C=S) groups is 1. The number of nitrogens with one attached hydrogen (secondary N) is 3. The van der Waals surface area contributed by atoms with Crippen molar-refractivity contribution in [1.82, 2.24) is 10.3 Å². The van der Waals surface area contributed by atoms with Gasteiger partial charge in [0.05, 0.1) is 10.2 Å². The average molecular weight is 322 g/mol. The second-order valence-corrected chi connectivity index (χ2v) is 5.68. The van der Waals surface area contributed by atoms with Crippen molar-refractivity contribution in [2.24, 2.45) is 0 Å². The van der Waals surface area contributed by atoms with Crippen molar-refractivity contribution in [1.29, 1.82) is 0 Å². The Morgan fingerprint density at radius 3 is 2.76 bits per heavy atom. The summed E-state index contributed by atoms with van der Waals surface area (Å²) in [6, 6.07) is 5.44. The van der Waals surface area contributed by atoms with Crippen LogP contribution in [0.25, 0.3) is 10.2 Å². The highest BCUT2D eigenvalue weighted by Gasteiger charge is 2.08. The van der Waals surface area contributed by atoms with Crippen molar-refractivity contribution in [2.75, 3.05) is 10.6 Å². The number of amides is 2. The summed E-state index contributed by atoms with van der Waals surface area (Å²) < 4.78 is 0.911. The number of fused-ring (bicyclic) bond motifs is 1. The monoisotopic (exact) mass is 322 g/mol. The third-order valence-electron chi connectivity index (χ3n) is 2.50. The van der Waals surface area contributed by atoms with Gasteiger partial charge in [0.2, 0.25) is 11.8 Å². The van der Waals surface area contributed by atoms with Gasteiger partial charge >= 0.3 is 0 Å². The van der Waals surface area contributed by atoms with Crippen LogP contribution >= 0.6 is 23.6 Å². The van der Waals surface area contributed by atoms with E-state index in [2.05, 4.69) is 20.9 Å². The molecule has 1 aromatic carbocycles. The lowest BCUT2D eigenvalue weighted by molar-refractivity contribution is -0.119. The van der Waals surface area contributed by atoms with Crippen LogP contribution < -0.4 is 16.0 Å². The van der Waals surface area contributed by atoms with Crippen LogP contribution in [0.4, 0.5) is 10.8 Å². The van der Waals surface area contributed by atoms with E-state index < -0.39 is 0 Å². The number of thiazole rings is 1. The molecule has 0 spiro atoms. The largest absolute Gasteiger partial charge is 0.326 e. The molecule has 0 saturated heterocycles. The van der Waals surface area contributed by atoms with Crippen LogP contribution in [-0.4, -0.2) is 21.9 Å². The maximum atomic E-state index is 11.2. The van der Waals surface area contributed by atoms with E-state index in [9.17, 15) is 9.59 Å². The van der Waals surface area contributed by atoms with Crippen LogP contribution in [0.15, 0.2) is 18.2 Å². The Hall–Kier alpha value is -2.06. The van der Waals surface area contributed by atoms with Gasteiger partial charge in [-0.1, -0.05) is 18.3 Å². The molecule has 2 amide bonds. The molecule has 0 unspecified atom stereocenters. The van der Waals surface area contributed by atoms with Crippen LogP contribution in [0.5, 0.6) is 0 Å². The normalized spacial score (nSPS) is 10.2. The molecule has 110 valence electrons. The maximum absolute atomic E-state index is 11.2. The zero-order valence-corrected chi connectivity index (χ0v) is 13.2. The fourth-order valence-corrected chi connectivity index (χ4v) is 2.79. The molecule has 0 radical (unpaired) electrons. The van der Waals surface area contributed by atoms with E-state index in [1.807, 2.05) is 12.1 Å². The standard InChI is InChI=1S/C13H14N4O2S2/c1-3-11(19)16-12(20)17-13-15-9-5-4-8(14-7(2)18)6-10(9)21-13/h4-6H,3H2,1-2H3,(H,14,18)(H2,15,16,17,19,20). The lowest BCUT2D eigenvalue weighted by Crippen LogP contribution is -2.33. The number of anilines is 2. The fraction of sp³-hybridized carbons (Fsp3) is 0.231. The van der Waals surface area contributed by atoms with Gasteiger partial charge in [-0.15, -0.1) is 0 Å². The molecule has 0 fully saturated rings. The van der Waals surface area contributed by atoms with Gasteiger partial charge in [0.1, 0.15) is 0 Å². The number of benzene rings is 1. The summed E-state index contributed by atoms with van der Waals surface area (Å²) in [4.78, 5) is 26.6. The molecule has 6 nitrogen and oxygen atoms in total. The van der Waals surface area contributed by atoms with E-state index in [4.69, 9.17) is 12.2 Å². The number of carbonyl (C=O) groups is 2. The number of hydrogen-bond acceptors (Lipinski definition) is 5. The molecule has 0 aliphatic carbocycles. The van der Waals surface area contributed by atoms with Gasteiger partial charge in [-0.25, -0.2) is 4.98 Å². The van der Waals surface area contributed by atoms with Crippen LogP contribution in [0, 0.1) is 0 Å². The van der Waals surface area contributed by atoms with E-state index in [-0.39, 0.29) is 16.9 Å². The molecule has 0 saturated carbocycles. The summed E-state index contributed by atoms with van der Waals surface area (Å²) >= 11 is 6.42. The predicted octanol–water partition coefficient (Wildman–Crippen LogP) is 2.48. The molecule has 0 atom stereocenters. The van der Waals surface area contributed by atoms with Crippen molar-refractivity contribution < 1.29 is 9.59 Å². The first-order valence-corrected chi connectivity index (χ1v) is 7.49. The first-order valence-electron chi connectivity index (χ1n) is 6.27. The van der Waals surface area contributed by atoms with Crippen molar-refractivity contribution in [3.63, 3.8) is 0 Å². The molecule has 0 bridgehead atoms. The van der Waals surface area contributed by atoms with E-state index in [0.717, 1.165) is 10.2 Å². The summed E-state index contributed by atoms with van der Waals surface area (Å²) in [5, 5.41) is 8.96. The summed E-state index contributed by atoms with van der Waals surface area (Å²) in [6.07, 6.45) is 0.363. The topological polar surface area (TPSA) is 83.1 Å². The number of hydrogen-bond donors (Lipinski definition) is 3. The summed E-state index contributed by atoms with van der Waals surface area (Å²) in [5.74, 6) is -0.276. The number of nitrogens with zero attached hydrogens (tertiary/aromatic N) is 1. The molecule has 8 heteroatoms. The van der Waals surface area contributed by atoms with Gasteiger partial charge in [-0.3, -0.25) is 9.59 Å². The number of rotatable bonds is 3. The Labute approximate surface area is 130 Å². The smallest absolute Gasteiger partial charge is 0.225 e. The highest BCUT2D eigenvalue weighted by Crippen LogP contribution is 2.28. The Balaban J connectivity index is 2.13. The molecule has 3 N–H and O–H groups in total. The first-order chi connectivity index (χ1) is 9.97. The van der Waals surface area contributed by atoms with Gasteiger partial charge in [0.15, 0.2) is 10.2 Å². The number of aromatic nitrogens is 1.